The molecule has 0 heterocycles. The molecule has 1 N–H and O–H groups in total. The summed E-state index contributed by atoms with van der Waals surface area (Å²) < 4.78 is 5.57. The number of hydrogen-bond acceptors (Lipinski definition) is 2. The number of benzene rings is 2. The van der Waals surface area contributed by atoms with Crippen LogP contribution in [0.15, 0.2) is 54.6 Å². The van der Waals surface area contributed by atoms with Crippen LogP contribution in [0.1, 0.15) is 12.5 Å². The molecule has 110 valence electrons. The molecule has 0 saturated carbocycles. The average Bonchev–Trinajstić information content (AvgIpc) is 2.50. The van der Waals surface area contributed by atoms with Gasteiger partial charge in [0.05, 0.1) is 5.02 Å². The van der Waals surface area contributed by atoms with Gasteiger partial charge >= 0.3 is 0 Å². The number of hydrogen-bond donors (Lipinski definition) is 1. The molecule has 0 spiro atoms. The van der Waals surface area contributed by atoms with E-state index in [1.807, 2.05) is 42.5 Å². The van der Waals surface area contributed by atoms with Crippen molar-refractivity contribution in [3.05, 3.63) is 65.2 Å². The Balaban J connectivity index is 1.79. The lowest BCUT2D eigenvalue weighted by Crippen LogP contribution is -2.37. The first-order valence-corrected chi connectivity index (χ1v) is 7.27. The summed E-state index contributed by atoms with van der Waals surface area (Å²) in [6.45, 7) is 2.29. The number of para-hydroxylation sites is 1. The van der Waals surface area contributed by atoms with Crippen LogP contribution in [0.3, 0.4) is 0 Å². The molecule has 0 aliphatic carbocycles. The van der Waals surface area contributed by atoms with Crippen molar-refractivity contribution in [1.29, 1.82) is 0 Å². The van der Waals surface area contributed by atoms with Gasteiger partial charge in [0.1, 0.15) is 5.75 Å². The van der Waals surface area contributed by atoms with Gasteiger partial charge in [-0.3, -0.25) is 4.79 Å². The van der Waals surface area contributed by atoms with Gasteiger partial charge in [-0.15, -0.1) is 0 Å². The van der Waals surface area contributed by atoms with Gasteiger partial charge in [-0.1, -0.05) is 54.1 Å². The van der Waals surface area contributed by atoms with Crippen molar-refractivity contribution in [3.63, 3.8) is 0 Å². The molecule has 2 aromatic rings. The summed E-state index contributed by atoms with van der Waals surface area (Å²) in [7, 11) is 0. The highest BCUT2D eigenvalue weighted by molar-refractivity contribution is 6.32. The first-order valence-electron chi connectivity index (χ1n) is 6.89. The largest absolute Gasteiger partial charge is 0.479 e. The van der Waals surface area contributed by atoms with Gasteiger partial charge in [0.15, 0.2) is 6.10 Å². The fraction of sp³-hybridized carbons (Fsp3) is 0.235. The van der Waals surface area contributed by atoms with E-state index in [2.05, 4.69) is 5.32 Å². The molecule has 0 saturated heterocycles. The summed E-state index contributed by atoms with van der Waals surface area (Å²) >= 11 is 6.00. The topological polar surface area (TPSA) is 38.3 Å². The molecule has 2 rings (SSSR count). The van der Waals surface area contributed by atoms with Gasteiger partial charge in [-0.2, -0.15) is 0 Å². The predicted octanol–water partition coefficient (Wildman–Crippen LogP) is 3.47. The number of carbonyl (C=O) groups excluding carboxylic acids is 1. The van der Waals surface area contributed by atoms with E-state index < -0.39 is 6.10 Å². The zero-order valence-corrected chi connectivity index (χ0v) is 12.6. The normalized spacial score (nSPS) is 11.7. The maximum absolute atomic E-state index is 12.0. The third-order valence-electron chi connectivity index (χ3n) is 3.07. The summed E-state index contributed by atoms with van der Waals surface area (Å²) in [5.74, 6) is 0.371. The van der Waals surface area contributed by atoms with Crippen molar-refractivity contribution in [2.24, 2.45) is 0 Å². The van der Waals surface area contributed by atoms with E-state index in [9.17, 15) is 4.79 Å². The van der Waals surface area contributed by atoms with Crippen LogP contribution in [0.2, 0.25) is 5.02 Å². The standard InChI is InChI=1S/C17H18ClNO2/c1-13(21-16-10-6-5-9-15(16)18)17(20)19-12-11-14-7-3-2-4-8-14/h2-10,13H,11-12H2,1H3,(H,19,20). The van der Waals surface area contributed by atoms with Crippen LogP contribution in [0.4, 0.5) is 0 Å². The fourth-order valence-electron chi connectivity index (χ4n) is 1.90. The first kappa shape index (κ1) is 15.4. The van der Waals surface area contributed by atoms with E-state index in [0.717, 1.165) is 6.42 Å². The molecular weight excluding hydrogens is 286 g/mol. The van der Waals surface area contributed by atoms with Gasteiger partial charge in [-0.25, -0.2) is 0 Å². The van der Waals surface area contributed by atoms with Crippen LogP contribution in [-0.4, -0.2) is 18.6 Å². The van der Waals surface area contributed by atoms with Crippen LogP contribution >= 0.6 is 11.6 Å². The summed E-state index contributed by atoms with van der Waals surface area (Å²) in [6, 6.07) is 17.1. The minimum absolute atomic E-state index is 0.147. The SMILES string of the molecule is CC(Oc1ccccc1Cl)C(=O)NCCc1ccccc1. The second-order valence-corrected chi connectivity index (χ2v) is 5.12. The third-order valence-corrected chi connectivity index (χ3v) is 3.38. The van der Waals surface area contributed by atoms with Crippen molar-refractivity contribution < 1.29 is 9.53 Å². The Bertz CT molecular complexity index is 586. The Morgan fingerprint density at radius 3 is 2.52 bits per heavy atom. The van der Waals surface area contributed by atoms with Gasteiger partial charge in [0, 0.05) is 6.54 Å². The molecule has 21 heavy (non-hydrogen) atoms. The zero-order chi connectivity index (χ0) is 15.1. The smallest absolute Gasteiger partial charge is 0.260 e. The lowest BCUT2D eigenvalue weighted by molar-refractivity contribution is -0.127. The number of ether oxygens (including phenoxy) is 1. The van der Waals surface area contributed by atoms with Crippen LogP contribution < -0.4 is 10.1 Å². The highest BCUT2D eigenvalue weighted by Crippen LogP contribution is 2.24. The Morgan fingerprint density at radius 1 is 1.14 bits per heavy atom. The van der Waals surface area contributed by atoms with Gasteiger partial charge in [0.25, 0.3) is 5.91 Å². The Labute approximate surface area is 129 Å². The minimum atomic E-state index is -0.583. The van der Waals surface area contributed by atoms with E-state index in [4.69, 9.17) is 16.3 Å². The van der Waals surface area contributed by atoms with E-state index in [1.165, 1.54) is 5.56 Å². The molecule has 1 amide bonds. The van der Waals surface area contributed by atoms with Crippen LogP contribution in [0.5, 0.6) is 5.75 Å². The number of nitrogens with one attached hydrogen (secondary N) is 1. The summed E-state index contributed by atoms with van der Waals surface area (Å²) in [5.41, 5.74) is 1.19. The molecule has 3 nitrogen and oxygen atoms in total. The van der Waals surface area contributed by atoms with E-state index in [-0.39, 0.29) is 5.91 Å². The highest BCUT2D eigenvalue weighted by Gasteiger charge is 2.15. The average molecular weight is 304 g/mol. The number of carbonyl (C=O) groups is 1. The quantitative estimate of drug-likeness (QED) is 0.887. The number of halogens is 1. The molecular formula is C17H18ClNO2. The van der Waals surface area contributed by atoms with Crippen molar-refractivity contribution in [2.45, 2.75) is 19.4 Å². The van der Waals surface area contributed by atoms with Crippen molar-refractivity contribution >= 4 is 17.5 Å². The Kier molecular flexibility index (Phi) is 5.64. The fourth-order valence-corrected chi connectivity index (χ4v) is 2.08. The molecule has 1 unspecified atom stereocenters. The summed E-state index contributed by atoms with van der Waals surface area (Å²) in [6.07, 6.45) is 0.214. The summed E-state index contributed by atoms with van der Waals surface area (Å²) in [4.78, 5) is 12.0. The van der Waals surface area contributed by atoms with Gasteiger partial charge < -0.3 is 10.1 Å². The van der Waals surface area contributed by atoms with Crippen LogP contribution in [0.25, 0.3) is 0 Å². The van der Waals surface area contributed by atoms with Crippen LogP contribution in [-0.2, 0) is 11.2 Å². The van der Waals surface area contributed by atoms with Gasteiger partial charge in [-0.05, 0) is 31.0 Å². The monoisotopic (exact) mass is 303 g/mol. The van der Waals surface area contributed by atoms with Crippen molar-refractivity contribution in [2.75, 3.05) is 6.54 Å². The molecule has 0 fully saturated rings. The molecule has 0 aliphatic rings. The molecule has 4 heteroatoms. The van der Waals surface area contributed by atoms with Crippen molar-refractivity contribution in [3.8, 4) is 5.75 Å². The molecule has 0 radical (unpaired) electrons. The molecule has 2 aromatic carbocycles. The second-order valence-electron chi connectivity index (χ2n) is 4.72. The number of rotatable bonds is 6. The molecule has 1 atom stereocenters. The Morgan fingerprint density at radius 2 is 1.81 bits per heavy atom. The maximum atomic E-state index is 12.0. The van der Waals surface area contributed by atoms with E-state index in [1.54, 1.807) is 19.1 Å². The van der Waals surface area contributed by atoms with Gasteiger partial charge in [0.2, 0.25) is 0 Å². The Hall–Kier alpha value is -2.00. The lowest BCUT2D eigenvalue weighted by atomic mass is 10.1. The molecule has 0 aliphatic heterocycles. The zero-order valence-electron chi connectivity index (χ0n) is 11.9. The maximum Gasteiger partial charge on any atom is 0.260 e. The van der Waals surface area contributed by atoms with E-state index in [0.29, 0.717) is 17.3 Å². The number of amides is 1. The second kappa shape index (κ2) is 7.70. The third kappa shape index (κ3) is 4.80. The molecule has 0 bridgehead atoms. The molecule has 0 aromatic heterocycles. The first-order chi connectivity index (χ1) is 10.2. The van der Waals surface area contributed by atoms with Crippen LogP contribution in [0, 0.1) is 0 Å². The van der Waals surface area contributed by atoms with E-state index >= 15 is 0 Å². The minimum Gasteiger partial charge on any atom is -0.479 e. The predicted molar refractivity (Wildman–Crippen MR) is 84.7 cm³/mol. The van der Waals surface area contributed by atoms with Crippen molar-refractivity contribution in [1.82, 2.24) is 5.32 Å². The lowest BCUT2D eigenvalue weighted by Gasteiger charge is -2.15. The highest BCUT2D eigenvalue weighted by atomic mass is 35.5. The summed E-state index contributed by atoms with van der Waals surface area (Å²) in [5, 5.41) is 3.36.